The van der Waals surface area contributed by atoms with Crippen molar-refractivity contribution in [3.05, 3.63) is 48.4 Å². The normalized spacial score (nSPS) is 20.3. The molecule has 28 heavy (non-hydrogen) atoms. The molecule has 1 aromatic heterocycles. The first-order chi connectivity index (χ1) is 13.8. The molecule has 1 atom stereocenters. The molecule has 0 radical (unpaired) electrons. The zero-order valence-corrected chi connectivity index (χ0v) is 16.6. The maximum atomic E-state index is 13.0. The lowest BCUT2D eigenvalue weighted by atomic mass is 9.99. The number of anilines is 2. The molecule has 0 bridgehead atoms. The van der Waals surface area contributed by atoms with E-state index in [0.29, 0.717) is 11.7 Å². The number of piperazine rings is 1. The Morgan fingerprint density at radius 3 is 2.50 bits per heavy atom. The molecule has 2 aliphatic heterocycles. The maximum absolute atomic E-state index is 13.0. The average molecular weight is 380 g/mol. The third kappa shape index (κ3) is 3.96. The van der Waals surface area contributed by atoms with E-state index in [1.807, 2.05) is 17.0 Å². The molecule has 0 saturated carbocycles. The molecular formula is C22H29N5O. The van der Waals surface area contributed by atoms with E-state index in [2.05, 4.69) is 51.0 Å². The van der Waals surface area contributed by atoms with E-state index in [9.17, 15) is 4.79 Å². The van der Waals surface area contributed by atoms with Crippen LogP contribution in [-0.2, 0) is 0 Å². The van der Waals surface area contributed by atoms with E-state index in [1.165, 1.54) is 18.4 Å². The van der Waals surface area contributed by atoms with Crippen molar-refractivity contribution >= 4 is 17.4 Å². The summed E-state index contributed by atoms with van der Waals surface area (Å²) in [4.78, 5) is 28.5. The summed E-state index contributed by atoms with van der Waals surface area (Å²) in [6.45, 7) is 6.67. The van der Waals surface area contributed by atoms with Crippen LogP contribution < -0.4 is 9.80 Å². The molecule has 2 aliphatic rings. The van der Waals surface area contributed by atoms with Crippen molar-refractivity contribution in [2.45, 2.75) is 38.6 Å². The second-order valence-corrected chi connectivity index (χ2v) is 7.63. The second kappa shape index (κ2) is 8.59. The van der Waals surface area contributed by atoms with Gasteiger partial charge >= 0.3 is 0 Å². The number of amides is 1. The summed E-state index contributed by atoms with van der Waals surface area (Å²) in [7, 11) is 0. The smallest absolute Gasteiger partial charge is 0.272 e. The molecule has 6 nitrogen and oxygen atoms in total. The lowest BCUT2D eigenvalue weighted by molar-refractivity contribution is 0.0602. The number of hydrogen-bond donors (Lipinski definition) is 0. The standard InChI is InChI=1S/C22H29N5O/c1-2-18-8-6-7-11-27(18)22(28)20-16-21(24-17-23-20)26-14-12-25(13-15-26)19-9-4-3-5-10-19/h3-5,9-10,16-18H,2,6-8,11-15H2,1H3. The number of rotatable bonds is 4. The topological polar surface area (TPSA) is 52.6 Å². The van der Waals surface area contributed by atoms with Crippen molar-refractivity contribution in [3.63, 3.8) is 0 Å². The third-order valence-corrected chi connectivity index (χ3v) is 5.96. The number of piperidine rings is 1. The molecule has 1 unspecified atom stereocenters. The van der Waals surface area contributed by atoms with Gasteiger partial charge in [-0.05, 0) is 37.8 Å². The minimum absolute atomic E-state index is 0.0538. The lowest BCUT2D eigenvalue weighted by Gasteiger charge is -2.37. The van der Waals surface area contributed by atoms with Crippen molar-refractivity contribution < 1.29 is 4.79 Å². The van der Waals surface area contributed by atoms with Gasteiger partial charge in [0.1, 0.15) is 17.8 Å². The average Bonchev–Trinajstić information content (AvgIpc) is 2.79. The van der Waals surface area contributed by atoms with Crippen LogP contribution in [0.4, 0.5) is 11.5 Å². The quantitative estimate of drug-likeness (QED) is 0.816. The highest BCUT2D eigenvalue weighted by Crippen LogP contribution is 2.23. The van der Waals surface area contributed by atoms with Crippen LogP contribution in [0.3, 0.4) is 0 Å². The molecule has 0 aliphatic carbocycles. The number of benzene rings is 1. The highest BCUT2D eigenvalue weighted by molar-refractivity contribution is 5.93. The van der Waals surface area contributed by atoms with E-state index in [1.54, 1.807) is 0 Å². The van der Waals surface area contributed by atoms with Crippen LogP contribution in [0.1, 0.15) is 43.1 Å². The molecule has 1 amide bonds. The van der Waals surface area contributed by atoms with Crippen LogP contribution in [0.25, 0.3) is 0 Å². The van der Waals surface area contributed by atoms with E-state index < -0.39 is 0 Å². The summed E-state index contributed by atoms with van der Waals surface area (Å²) in [5.41, 5.74) is 1.78. The molecule has 6 heteroatoms. The van der Waals surface area contributed by atoms with Gasteiger partial charge in [0.05, 0.1) is 0 Å². The molecule has 0 spiro atoms. The molecular weight excluding hydrogens is 350 g/mol. The molecule has 148 valence electrons. The van der Waals surface area contributed by atoms with Crippen molar-refractivity contribution in [2.24, 2.45) is 0 Å². The number of hydrogen-bond acceptors (Lipinski definition) is 5. The summed E-state index contributed by atoms with van der Waals surface area (Å²) >= 11 is 0. The fourth-order valence-corrected chi connectivity index (χ4v) is 4.31. The highest BCUT2D eigenvalue weighted by atomic mass is 16.2. The van der Waals surface area contributed by atoms with Crippen LogP contribution in [0.15, 0.2) is 42.7 Å². The van der Waals surface area contributed by atoms with Crippen molar-refractivity contribution in [2.75, 3.05) is 42.5 Å². The molecule has 2 aromatic rings. The van der Waals surface area contributed by atoms with Gasteiger partial charge in [-0.3, -0.25) is 4.79 Å². The van der Waals surface area contributed by atoms with Crippen LogP contribution in [-0.4, -0.2) is 59.5 Å². The van der Waals surface area contributed by atoms with E-state index >= 15 is 0 Å². The number of nitrogens with zero attached hydrogens (tertiary/aromatic N) is 5. The number of aromatic nitrogens is 2. The van der Waals surface area contributed by atoms with Gasteiger partial charge < -0.3 is 14.7 Å². The monoisotopic (exact) mass is 379 g/mol. The van der Waals surface area contributed by atoms with E-state index in [0.717, 1.165) is 57.8 Å². The van der Waals surface area contributed by atoms with Gasteiger partial charge in [-0.1, -0.05) is 25.1 Å². The summed E-state index contributed by atoms with van der Waals surface area (Å²) in [6.07, 6.45) is 5.94. The fourth-order valence-electron chi connectivity index (χ4n) is 4.31. The SMILES string of the molecule is CCC1CCCCN1C(=O)c1cc(N2CCN(c3ccccc3)CC2)ncn1. The summed E-state index contributed by atoms with van der Waals surface area (Å²) < 4.78 is 0. The third-order valence-electron chi connectivity index (χ3n) is 5.96. The van der Waals surface area contributed by atoms with Crippen LogP contribution in [0.5, 0.6) is 0 Å². The Morgan fingerprint density at radius 1 is 1.00 bits per heavy atom. The Bertz CT molecular complexity index is 789. The Labute approximate surface area is 167 Å². The summed E-state index contributed by atoms with van der Waals surface area (Å²) in [6, 6.07) is 12.7. The molecule has 4 rings (SSSR count). The minimum atomic E-state index is 0.0538. The van der Waals surface area contributed by atoms with E-state index in [4.69, 9.17) is 0 Å². The predicted molar refractivity (Wildman–Crippen MR) is 112 cm³/mol. The lowest BCUT2D eigenvalue weighted by Crippen LogP contribution is -2.47. The Morgan fingerprint density at radius 2 is 1.75 bits per heavy atom. The Kier molecular flexibility index (Phi) is 5.74. The zero-order valence-electron chi connectivity index (χ0n) is 16.6. The summed E-state index contributed by atoms with van der Waals surface area (Å²) in [5.74, 6) is 0.911. The first-order valence-electron chi connectivity index (χ1n) is 10.4. The van der Waals surface area contributed by atoms with Gasteiger partial charge in [-0.2, -0.15) is 0 Å². The van der Waals surface area contributed by atoms with Gasteiger partial charge in [-0.15, -0.1) is 0 Å². The van der Waals surface area contributed by atoms with Crippen molar-refractivity contribution in [1.29, 1.82) is 0 Å². The molecule has 0 N–H and O–H groups in total. The maximum Gasteiger partial charge on any atom is 0.272 e. The molecule has 2 fully saturated rings. The largest absolute Gasteiger partial charge is 0.368 e. The van der Waals surface area contributed by atoms with Crippen LogP contribution in [0.2, 0.25) is 0 Å². The molecule has 2 saturated heterocycles. The highest BCUT2D eigenvalue weighted by Gasteiger charge is 2.28. The Hall–Kier alpha value is -2.63. The number of carbonyl (C=O) groups is 1. The zero-order chi connectivity index (χ0) is 19.3. The predicted octanol–water partition coefficient (Wildman–Crippen LogP) is 3.21. The number of carbonyl (C=O) groups excluding carboxylic acids is 1. The van der Waals surface area contributed by atoms with Crippen molar-refractivity contribution in [3.8, 4) is 0 Å². The first-order valence-corrected chi connectivity index (χ1v) is 10.4. The molecule has 1 aromatic carbocycles. The second-order valence-electron chi connectivity index (χ2n) is 7.63. The van der Waals surface area contributed by atoms with Gasteiger partial charge in [0.25, 0.3) is 5.91 Å². The van der Waals surface area contributed by atoms with Gasteiger partial charge in [0.2, 0.25) is 0 Å². The summed E-state index contributed by atoms with van der Waals surface area (Å²) in [5, 5.41) is 0. The van der Waals surface area contributed by atoms with Crippen LogP contribution >= 0.6 is 0 Å². The van der Waals surface area contributed by atoms with E-state index in [-0.39, 0.29) is 5.91 Å². The first kappa shape index (κ1) is 18.7. The fraction of sp³-hybridized carbons (Fsp3) is 0.500. The molecule has 3 heterocycles. The Balaban J connectivity index is 1.43. The van der Waals surface area contributed by atoms with Crippen molar-refractivity contribution in [1.82, 2.24) is 14.9 Å². The van der Waals surface area contributed by atoms with Gasteiger partial charge in [-0.25, -0.2) is 9.97 Å². The van der Waals surface area contributed by atoms with Crippen LogP contribution in [0, 0.1) is 0 Å². The van der Waals surface area contributed by atoms with Gasteiger partial charge in [0, 0.05) is 50.5 Å². The number of likely N-dealkylation sites (tertiary alicyclic amines) is 1. The van der Waals surface area contributed by atoms with Gasteiger partial charge in [0.15, 0.2) is 0 Å². The number of para-hydroxylation sites is 1. The minimum Gasteiger partial charge on any atom is -0.368 e.